The second kappa shape index (κ2) is 8.00. The SMILES string of the molecule is CCS(=O)(=O)C(C)CS(=O)(=O)C(C)CS(=O)(=O)C(C)CS(C)(=O)=O. The number of sulfone groups is 4. The van der Waals surface area contributed by atoms with Crippen LogP contribution in [0.2, 0.25) is 0 Å². The fourth-order valence-corrected chi connectivity index (χ4v) is 9.76. The first-order chi connectivity index (χ1) is 10.4. The fraction of sp³-hybridized carbons (Fsp3) is 1.00. The molecule has 0 heterocycles. The van der Waals surface area contributed by atoms with E-state index >= 15 is 0 Å². The van der Waals surface area contributed by atoms with E-state index in [1.54, 1.807) is 0 Å². The molecule has 0 aromatic carbocycles. The Kier molecular flexibility index (Phi) is 7.93. The van der Waals surface area contributed by atoms with Crippen molar-refractivity contribution in [3.8, 4) is 0 Å². The molecule has 0 rings (SSSR count). The predicted octanol–water partition coefficient (Wildman–Crippen LogP) is -0.539. The van der Waals surface area contributed by atoms with E-state index in [0.717, 1.165) is 6.26 Å². The maximum Gasteiger partial charge on any atom is 0.155 e. The normalized spacial score (nSPS) is 18.0. The average Bonchev–Trinajstić information content (AvgIpc) is 2.35. The van der Waals surface area contributed by atoms with Crippen LogP contribution in [-0.2, 0) is 39.3 Å². The minimum atomic E-state index is -3.97. The van der Waals surface area contributed by atoms with Crippen molar-refractivity contribution in [2.45, 2.75) is 43.4 Å². The molecule has 0 saturated carbocycles. The van der Waals surface area contributed by atoms with Gasteiger partial charge in [-0.15, -0.1) is 0 Å². The van der Waals surface area contributed by atoms with Crippen molar-refractivity contribution in [1.29, 1.82) is 0 Å². The quantitative estimate of drug-likeness (QED) is 0.454. The number of hydrogen-bond acceptors (Lipinski definition) is 8. The average molecular weight is 427 g/mol. The van der Waals surface area contributed by atoms with Gasteiger partial charge in [0.1, 0.15) is 9.84 Å². The molecule has 0 saturated heterocycles. The van der Waals surface area contributed by atoms with Gasteiger partial charge < -0.3 is 0 Å². The standard InChI is InChI=1S/C12H26O8S4/c1-6-22(15,16)11(3)8-24(19,20)12(4)9-23(17,18)10(2)7-21(5,13)14/h10-12H,6-9H2,1-5H3. The van der Waals surface area contributed by atoms with Gasteiger partial charge >= 0.3 is 0 Å². The van der Waals surface area contributed by atoms with Crippen molar-refractivity contribution >= 4 is 39.3 Å². The van der Waals surface area contributed by atoms with Crippen molar-refractivity contribution in [2.24, 2.45) is 0 Å². The van der Waals surface area contributed by atoms with E-state index in [4.69, 9.17) is 0 Å². The molecule has 0 aliphatic heterocycles. The molecule has 8 nitrogen and oxygen atoms in total. The third-order valence-corrected chi connectivity index (χ3v) is 12.4. The molecule has 0 aliphatic rings. The fourth-order valence-electron chi connectivity index (χ4n) is 2.00. The second-order valence-corrected chi connectivity index (χ2v) is 16.0. The minimum absolute atomic E-state index is 0.207. The highest BCUT2D eigenvalue weighted by molar-refractivity contribution is 7.98. The molecular formula is C12H26O8S4. The van der Waals surface area contributed by atoms with Crippen LogP contribution in [0.1, 0.15) is 27.7 Å². The summed E-state index contributed by atoms with van der Waals surface area (Å²) >= 11 is 0. The summed E-state index contributed by atoms with van der Waals surface area (Å²) in [7, 11) is -15.0. The van der Waals surface area contributed by atoms with Gasteiger partial charge in [-0.2, -0.15) is 0 Å². The molecule has 0 N–H and O–H groups in total. The lowest BCUT2D eigenvalue weighted by Crippen LogP contribution is -2.38. The monoisotopic (exact) mass is 426 g/mol. The van der Waals surface area contributed by atoms with Crippen molar-refractivity contribution < 1.29 is 33.7 Å². The van der Waals surface area contributed by atoms with Crippen LogP contribution in [0.25, 0.3) is 0 Å². The summed E-state index contributed by atoms with van der Waals surface area (Å²) in [6.07, 6.45) is 0.899. The van der Waals surface area contributed by atoms with Crippen LogP contribution in [-0.4, -0.2) is 78.7 Å². The highest BCUT2D eigenvalue weighted by atomic mass is 32.2. The Labute approximate surface area is 145 Å². The van der Waals surface area contributed by atoms with Gasteiger partial charge in [0.25, 0.3) is 0 Å². The van der Waals surface area contributed by atoms with Crippen LogP contribution in [0.3, 0.4) is 0 Å². The predicted molar refractivity (Wildman–Crippen MR) is 95.1 cm³/mol. The van der Waals surface area contributed by atoms with Gasteiger partial charge in [-0.1, -0.05) is 6.92 Å². The highest BCUT2D eigenvalue weighted by Gasteiger charge is 2.34. The molecular weight excluding hydrogens is 400 g/mol. The molecule has 12 heteroatoms. The zero-order valence-electron chi connectivity index (χ0n) is 14.5. The van der Waals surface area contributed by atoms with Crippen molar-refractivity contribution in [1.82, 2.24) is 0 Å². The molecule has 146 valence electrons. The molecule has 3 unspecified atom stereocenters. The van der Waals surface area contributed by atoms with E-state index < -0.39 is 72.4 Å². The van der Waals surface area contributed by atoms with Crippen molar-refractivity contribution in [3.05, 3.63) is 0 Å². The Morgan fingerprint density at radius 1 is 0.583 bits per heavy atom. The molecule has 0 bridgehead atoms. The lowest BCUT2D eigenvalue weighted by molar-refractivity contribution is 0.566. The van der Waals surface area contributed by atoms with Crippen LogP contribution in [0.4, 0.5) is 0 Å². The van der Waals surface area contributed by atoms with Gasteiger partial charge in [0.15, 0.2) is 29.5 Å². The molecule has 0 fully saturated rings. The van der Waals surface area contributed by atoms with Crippen LogP contribution in [0, 0.1) is 0 Å². The summed E-state index contributed by atoms with van der Waals surface area (Å²) < 4.78 is 94.6. The summed E-state index contributed by atoms with van der Waals surface area (Å²) in [4.78, 5) is 0. The van der Waals surface area contributed by atoms with Gasteiger partial charge in [0, 0.05) is 12.0 Å². The zero-order chi connectivity index (χ0) is 19.6. The van der Waals surface area contributed by atoms with E-state index in [-0.39, 0.29) is 5.75 Å². The van der Waals surface area contributed by atoms with Crippen molar-refractivity contribution in [3.63, 3.8) is 0 Å². The topological polar surface area (TPSA) is 137 Å². The number of hydrogen-bond donors (Lipinski definition) is 0. The largest absolute Gasteiger partial charge is 0.229 e. The summed E-state index contributed by atoms with van der Waals surface area (Å²) in [6.45, 7) is 5.06. The maximum atomic E-state index is 12.2. The third-order valence-electron chi connectivity index (χ3n) is 3.71. The minimum Gasteiger partial charge on any atom is -0.229 e. The molecule has 24 heavy (non-hydrogen) atoms. The van der Waals surface area contributed by atoms with Gasteiger partial charge in [0.2, 0.25) is 0 Å². The smallest absolute Gasteiger partial charge is 0.155 e. The third kappa shape index (κ3) is 7.36. The van der Waals surface area contributed by atoms with E-state index in [1.807, 2.05) is 0 Å². The Balaban J connectivity index is 5.25. The molecule has 0 aliphatic carbocycles. The van der Waals surface area contributed by atoms with E-state index in [1.165, 1.54) is 27.7 Å². The Hall–Kier alpha value is -0.200. The van der Waals surface area contributed by atoms with Gasteiger partial charge in [0.05, 0.1) is 33.0 Å². The first-order valence-electron chi connectivity index (χ1n) is 7.27. The molecule has 3 atom stereocenters. The Bertz CT molecular complexity index is 835. The molecule has 0 amide bonds. The lowest BCUT2D eigenvalue weighted by Gasteiger charge is -2.19. The Morgan fingerprint density at radius 3 is 1.17 bits per heavy atom. The molecule has 0 aromatic heterocycles. The maximum absolute atomic E-state index is 12.2. The summed E-state index contributed by atoms with van der Waals surface area (Å²) in [5, 5.41) is -3.69. The van der Waals surface area contributed by atoms with Crippen molar-refractivity contribution in [2.75, 3.05) is 29.3 Å². The zero-order valence-corrected chi connectivity index (χ0v) is 17.7. The van der Waals surface area contributed by atoms with Gasteiger partial charge in [-0.05, 0) is 20.8 Å². The van der Waals surface area contributed by atoms with Gasteiger partial charge in [-0.25, -0.2) is 33.7 Å². The summed E-state index contributed by atoms with van der Waals surface area (Å²) in [5.41, 5.74) is 0. The van der Waals surface area contributed by atoms with Gasteiger partial charge in [-0.3, -0.25) is 0 Å². The molecule has 0 radical (unpaired) electrons. The summed E-state index contributed by atoms with van der Waals surface area (Å²) in [6, 6.07) is 0. The Morgan fingerprint density at radius 2 is 0.875 bits per heavy atom. The van der Waals surface area contributed by atoms with E-state index in [2.05, 4.69) is 0 Å². The highest BCUT2D eigenvalue weighted by Crippen LogP contribution is 2.15. The van der Waals surface area contributed by atoms with Crippen LogP contribution < -0.4 is 0 Å². The second-order valence-electron chi connectivity index (χ2n) is 6.13. The van der Waals surface area contributed by atoms with Crippen LogP contribution >= 0.6 is 0 Å². The van der Waals surface area contributed by atoms with E-state index in [9.17, 15) is 33.7 Å². The first kappa shape index (κ1) is 23.8. The van der Waals surface area contributed by atoms with E-state index in [0.29, 0.717) is 0 Å². The summed E-state index contributed by atoms with van der Waals surface area (Å²) in [5.74, 6) is -2.21. The van der Waals surface area contributed by atoms with Crippen LogP contribution in [0.5, 0.6) is 0 Å². The lowest BCUT2D eigenvalue weighted by atomic mass is 10.5. The van der Waals surface area contributed by atoms with Crippen LogP contribution in [0.15, 0.2) is 0 Å². The first-order valence-corrected chi connectivity index (χ1v) is 14.5. The number of rotatable bonds is 10. The molecule has 0 spiro atoms. The molecule has 0 aromatic rings.